The molecule has 65 valence electrons. The monoisotopic (exact) mass is 213 g/mol. The number of aromatic amines is 1. The quantitative estimate of drug-likeness (QED) is 0.789. The molecule has 0 unspecified atom stereocenters. The van der Waals surface area contributed by atoms with Crippen LogP contribution in [0.2, 0.25) is 10.0 Å². The van der Waals surface area contributed by atoms with E-state index in [1.54, 1.807) is 12.1 Å². The highest BCUT2D eigenvalue weighted by atomic mass is 35.5. The topological polar surface area (TPSA) is 54.5 Å². The fraction of sp³-hybridized carbons (Fsp3) is 0. The molecule has 2 rings (SSSR count). The molecule has 2 aromatic rings. The van der Waals surface area contributed by atoms with Crippen LogP contribution in [-0.4, -0.2) is 20.6 Å². The number of nitrogens with zero attached hydrogens (tertiary/aromatic N) is 3. The van der Waals surface area contributed by atoms with Crippen molar-refractivity contribution in [3.8, 4) is 11.4 Å². The van der Waals surface area contributed by atoms with Gasteiger partial charge in [0, 0.05) is 11.6 Å². The molecule has 1 heterocycles. The summed E-state index contributed by atoms with van der Waals surface area (Å²) in [6.45, 7) is 0. The largest absolute Gasteiger partial charge is 0.239 e. The number of halogens is 2. The van der Waals surface area contributed by atoms with Gasteiger partial charge in [0.05, 0.1) is 10.0 Å². The van der Waals surface area contributed by atoms with E-state index in [0.717, 1.165) is 5.56 Å². The molecule has 0 fully saturated rings. The molecule has 0 aliphatic rings. The summed E-state index contributed by atoms with van der Waals surface area (Å²) >= 11 is 11.5. The first-order valence-electron chi connectivity index (χ1n) is 3.38. The molecule has 13 heavy (non-hydrogen) atoms. The van der Waals surface area contributed by atoms with Crippen molar-refractivity contribution in [3.63, 3.8) is 0 Å². The summed E-state index contributed by atoms with van der Waals surface area (Å²) < 4.78 is 0. The van der Waals surface area contributed by atoms with Crippen LogP contribution < -0.4 is 0 Å². The van der Waals surface area contributed by atoms with Gasteiger partial charge in [0.2, 0.25) is 0 Å². The summed E-state index contributed by atoms with van der Waals surface area (Å²) in [5.41, 5.74) is 0.735. The maximum Gasteiger partial charge on any atom is 0.179 e. The highest BCUT2D eigenvalue weighted by Gasteiger charge is 2.04. The van der Waals surface area contributed by atoms with Crippen molar-refractivity contribution in [1.82, 2.24) is 20.6 Å². The number of rotatable bonds is 1. The first-order valence-corrected chi connectivity index (χ1v) is 4.14. The Balaban J connectivity index is 2.53. The van der Waals surface area contributed by atoms with E-state index in [9.17, 15) is 0 Å². The number of benzene rings is 1. The summed E-state index contributed by atoms with van der Waals surface area (Å²) in [5, 5.41) is 14.1. The van der Waals surface area contributed by atoms with E-state index < -0.39 is 0 Å². The highest BCUT2D eigenvalue weighted by molar-refractivity contribution is 6.34. The van der Waals surface area contributed by atoms with E-state index in [1.165, 1.54) is 0 Å². The molecule has 4 nitrogen and oxygen atoms in total. The SMILES string of the molecule is Clc1[c]c(Cl)cc(-c2nnn[nH]2)c1. The Bertz CT molecular complexity index is 392. The molecule has 0 bridgehead atoms. The van der Waals surface area contributed by atoms with Gasteiger partial charge in [-0.1, -0.05) is 23.2 Å². The molecular weight excluding hydrogens is 211 g/mol. The Labute approximate surface area is 83.9 Å². The number of hydrogen-bond acceptors (Lipinski definition) is 3. The van der Waals surface area contributed by atoms with Crippen LogP contribution in [-0.2, 0) is 0 Å². The van der Waals surface area contributed by atoms with Crippen LogP contribution >= 0.6 is 23.2 Å². The lowest BCUT2D eigenvalue weighted by atomic mass is 10.2. The average Bonchev–Trinajstić information content (AvgIpc) is 2.53. The molecule has 1 radical (unpaired) electrons. The van der Waals surface area contributed by atoms with Gasteiger partial charge in [-0.25, -0.2) is 5.10 Å². The van der Waals surface area contributed by atoms with Crippen LogP contribution in [0.5, 0.6) is 0 Å². The predicted octanol–water partition coefficient (Wildman–Crippen LogP) is 1.97. The van der Waals surface area contributed by atoms with E-state index in [1.807, 2.05) is 0 Å². The number of hydrogen-bond donors (Lipinski definition) is 1. The minimum atomic E-state index is 0.430. The normalized spacial score (nSPS) is 10.3. The van der Waals surface area contributed by atoms with Crippen LogP contribution in [0.4, 0.5) is 0 Å². The second kappa shape index (κ2) is 3.32. The second-order valence-electron chi connectivity index (χ2n) is 2.31. The Hall–Kier alpha value is -1.13. The van der Waals surface area contributed by atoms with Gasteiger partial charge in [-0.15, -0.1) is 5.10 Å². The van der Waals surface area contributed by atoms with Crippen molar-refractivity contribution in [2.75, 3.05) is 0 Å². The lowest BCUT2D eigenvalue weighted by Gasteiger charge is -1.96. The molecule has 1 N–H and O–H groups in total. The van der Waals surface area contributed by atoms with E-state index in [0.29, 0.717) is 15.9 Å². The first kappa shape index (κ1) is 8.47. The number of nitrogens with one attached hydrogen (secondary N) is 1. The predicted molar refractivity (Wildman–Crippen MR) is 48.5 cm³/mol. The minimum absolute atomic E-state index is 0.430. The van der Waals surface area contributed by atoms with Crippen LogP contribution in [0.1, 0.15) is 0 Å². The smallest absolute Gasteiger partial charge is 0.179 e. The molecule has 6 heteroatoms. The first-order chi connectivity index (χ1) is 6.25. The van der Waals surface area contributed by atoms with Crippen molar-refractivity contribution in [3.05, 3.63) is 28.2 Å². The second-order valence-corrected chi connectivity index (χ2v) is 3.13. The van der Waals surface area contributed by atoms with Gasteiger partial charge in [0.25, 0.3) is 0 Å². The summed E-state index contributed by atoms with van der Waals surface area (Å²) in [6.07, 6.45) is 0. The molecule has 0 aliphatic carbocycles. The lowest BCUT2D eigenvalue weighted by molar-refractivity contribution is 0.881. The summed E-state index contributed by atoms with van der Waals surface area (Å²) in [6, 6.07) is 6.07. The fourth-order valence-electron chi connectivity index (χ4n) is 0.919. The zero-order valence-electron chi connectivity index (χ0n) is 6.25. The maximum atomic E-state index is 5.74. The van der Waals surface area contributed by atoms with Gasteiger partial charge in [-0.3, -0.25) is 0 Å². The van der Waals surface area contributed by atoms with E-state index >= 15 is 0 Å². The van der Waals surface area contributed by atoms with Gasteiger partial charge in [-0.05, 0) is 22.6 Å². The summed E-state index contributed by atoms with van der Waals surface area (Å²) in [5.74, 6) is 0.526. The molecule has 0 saturated carbocycles. The number of aromatic nitrogens is 4. The van der Waals surface area contributed by atoms with Crippen molar-refractivity contribution in [2.45, 2.75) is 0 Å². The zero-order valence-corrected chi connectivity index (χ0v) is 7.76. The summed E-state index contributed by atoms with van der Waals surface area (Å²) in [4.78, 5) is 0. The van der Waals surface area contributed by atoms with Crippen LogP contribution in [0.15, 0.2) is 12.1 Å². The Morgan fingerprint density at radius 3 is 2.46 bits per heavy atom. The van der Waals surface area contributed by atoms with Crippen molar-refractivity contribution >= 4 is 23.2 Å². The molecule has 0 saturated heterocycles. The third kappa shape index (κ3) is 1.79. The zero-order chi connectivity index (χ0) is 9.26. The Morgan fingerprint density at radius 2 is 1.92 bits per heavy atom. The fourth-order valence-corrected chi connectivity index (χ4v) is 1.41. The third-order valence-electron chi connectivity index (χ3n) is 1.42. The van der Waals surface area contributed by atoms with Crippen LogP contribution in [0.3, 0.4) is 0 Å². The maximum absolute atomic E-state index is 5.74. The third-order valence-corrected chi connectivity index (χ3v) is 1.83. The average molecular weight is 214 g/mol. The van der Waals surface area contributed by atoms with Gasteiger partial charge in [0.15, 0.2) is 5.82 Å². The molecule has 1 aromatic carbocycles. The van der Waals surface area contributed by atoms with Crippen LogP contribution in [0, 0.1) is 6.07 Å². The van der Waals surface area contributed by atoms with Gasteiger partial charge < -0.3 is 0 Å². The molecule has 0 spiro atoms. The lowest BCUT2D eigenvalue weighted by Crippen LogP contribution is -1.81. The number of tetrazole rings is 1. The summed E-state index contributed by atoms with van der Waals surface area (Å²) in [7, 11) is 0. The minimum Gasteiger partial charge on any atom is -0.239 e. The van der Waals surface area contributed by atoms with E-state index in [2.05, 4.69) is 26.7 Å². The molecule has 0 atom stereocenters. The Morgan fingerprint density at radius 1 is 1.23 bits per heavy atom. The van der Waals surface area contributed by atoms with Gasteiger partial charge >= 0.3 is 0 Å². The molecule has 0 aliphatic heterocycles. The van der Waals surface area contributed by atoms with Crippen molar-refractivity contribution < 1.29 is 0 Å². The molecule has 1 aromatic heterocycles. The standard InChI is InChI=1S/C7H3Cl2N4/c8-5-1-4(2-6(9)3-5)7-10-12-13-11-7/h1-2H,(H,10,11,12,13). The highest BCUT2D eigenvalue weighted by Crippen LogP contribution is 2.23. The van der Waals surface area contributed by atoms with Crippen molar-refractivity contribution in [2.24, 2.45) is 0 Å². The van der Waals surface area contributed by atoms with E-state index in [4.69, 9.17) is 23.2 Å². The molecular formula is C7H3Cl2N4. The van der Waals surface area contributed by atoms with Crippen LogP contribution in [0.25, 0.3) is 11.4 Å². The van der Waals surface area contributed by atoms with Gasteiger partial charge in [-0.2, -0.15) is 0 Å². The Kier molecular flexibility index (Phi) is 2.16. The van der Waals surface area contributed by atoms with Crippen molar-refractivity contribution in [1.29, 1.82) is 0 Å². The van der Waals surface area contributed by atoms with E-state index in [-0.39, 0.29) is 0 Å². The number of H-pyrrole nitrogens is 1. The van der Waals surface area contributed by atoms with Gasteiger partial charge in [0.1, 0.15) is 0 Å². The molecule has 0 amide bonds.